The molecule has 1 unspecified atom stereocenters. The lowest BCUT2D eigenvalue weighted by Crippen LogP contribution is -2.15. The fourth-order valence-corrected chi connectivity index (χ4v) is 4.34. The number of carbonyl (C=O) groups is 1. The van der Waals surface area contributed by atoms with Gasteiger partial charge in [0.1, 0.15) is 5.82 Å². The molecule has 0 spiro atoms. The van der Waals surface area contributed by atoms with Gasteiger partial charge in [-0.3, -0.25) is 4.79 Å². The summed E-state index contributed by atoms with van der Waals surface area (Å²) >= 11 is 0. The Morgan fingerprint density at radius 2 is 1.67 bits per heavy atom. The van der Waals surface area contributed by atoms with Gasteiger partial charge in [0, 0.05) is 29.7 Å². The third-order valence-corrected chi connectivity index (χ3v) is 6.35. The van der Waals surface area contributed by atoms with E-state index in [0.29, 0.717) is 28.8 Å². The van der Waals surface area contributed by atoms with Gasteiger partial charge in [-0.2, -0.15) is 0 Å². The lowest BCUT2D eigenvalue weighted by molar-refractivity contribution is 0.0692. The van der Waals surface area contributed by atoms with Crippen molar-refractivity contribution in [3.8, 4) is 11.1 Å². The van der Waals surface area contributed by atoms with E-state index in [1.54, 1.807) is 19.1 Å². The van der Waals surface area contributed by atoms with Crippen LogP contribution < -0.4 is 5.56 Å². The highest BCUT2D eigenvalue weighted by Gasteiger charge is 2.21. The van der Waals surface area contributed by atoms with Crippen LogP contribution in [0.3, 0.4) is 0 Å². The Morgan fingerprint density at radius 3 is 2.28 bits per heavy atom. The average Bonchev–Trinajstić information content (AvgIpc) is 2.87. The van der Waals surface area contributed by atoms with Gasteiger partial charge in [0.15, 0.2) is 0 Å². The van der Waals surface area contributed by atoms with Crippen LogP contribution in [0.5, 0.6) is 0 Å². The number of aromatic carboxylic acids is 1. The van der Waals surface area contributed by atoms with Gasteiger partial charge in [0.2, 0.25) is 0 Å². The summed E-state index contributed by atoms with van der Waals surface area (Å²) in [7, 11) is 0. The average molecular weight is 485 g/mol. The largest absolute Gasteiger partial charge is 0.478 e. The molecule has 4 aromatic rings. The van der Waals surface area contributed by atoms with E-state index in [9.17, 15) is 19.2 Å². The van der Waals surface area contributed by atoms with Crippen LogP contribution in [-0.4, -0.2) is 27.0 Å². The number of carboxylic acid groups (broad SMARTS) is 1. The Bertz CT molecular complexity index is 1510. The second-order valence-electron chi connectivity index (χ2n) is 8.68. The highest BCUT2D eigenvalue weighted by Crippen LogP contribution is 2.33. The molecule has 0 aliphatic rings. The summed E-state index contributed by atoms with van der Waals surface area (Å²) in [6.07, 6.45) is 1.91. The van der Waals surface area contributed by atoms with Crippen molar-refractivity contribution in [2.75, 3.05) is 0 Å². The Morgan fingerprint density at radius 1 is 0.972 bits per heavy atom. The number of hydrogen-bond acceptors (Lipinski definition) is 4. The van der Waals surface area contributed by atoms with Crippen molar-refractivity contribution in [1.82, 2.24) is 4.98 Å². The quantitative estimate of drug-likeness (QED) is 0.173. The van der Waals surface area contributed by atoms with Gasteiger partial charge in [0.25, 0.3) is 5.56 Å². The van der Waals surface area contributed by atoms with Crippen LogP contribution in [0, 0.1) is 19.7 Å². The minimum atomic E-state index is -1.31. The topological polar surface area (TPSA) is 103 Å². The fraction of sp³-hybridized carbons (Fsp3) is 0.138. The molecule has 4 rings (SSSR count). The van der Waals surface area contributed by atoms with E-state index in [1.807, 2.05) is 55.5 Å². The molecule has 0 fully saturated rings. The maximum absolute atomic E-state index is 14.2. The van der Waals surface area contributed by atoms with E-state index in [1.165, 1.54) is 18.3 Å². The molecule has 3 aromatic carbocycles. The van der Waals surface area contributed by atoms with Crippen molar-refractivity contribution < 1.29 is 19.5 Å². The lowest BCUT2D eigenvalue weighted by atomic mass is 9.83. The van der Waals surface area contributed by atoms with Crippen LogP contribution >= 0.6 is 0 Å². The smallest absolute Gasteiger partial charge is 0.338 e. The predicted molar refractivity (Wildman–Crippen MR) is 137 cm³/mol. The van der Waals surface area contributed by atoms with Gasteiger partial charge in [-0.05, 0) is 59.9 Å². The Kier molecular flexibility index (Phi) is 7.10. The third-order valence-electron chi connectivity index (χ3n) is 6.35. The second-order valence-corrected chi connectivity index (χ2v) is 8.68. The zero-order chi connectivity index (χ0) is 25.8. The number of aryl methyl sites for hydroxylation is 2. The number of nitrogens with one attached hydrogen (secondary N) is 1. The minimum Gasteiger partial charge on any atom is -0.478 e. The summed E-state index contributed by atoms with van der Waals surface area (Å²) < 4.78 is 14.2. The molecule has 0 aliphatic carbocycles. The maximum atomic E-state index is 14.2. The number of carboxylic acids is 1. The lowest BCUT2D eigenvalue weighted by Gasteiger charge is -2.21. The van der Waals surface area contributed by atoms with Crippen molar-refractivity contribution in [3.63, 3.8) is 0 Å². The zero-order valence-electron chi connectivity index (χ0n) is 19.8. The van der Waals surface area contributed by atoms with Gasteiger partial charge in [-0.1, -0.05) is 59.8 Å². The van der Waals surface area contributed by atoms with Gasteiger partial charge in [-0.25, -0.2) is 9.18 Å². The maximum Gasteiger partial charge on any atom is 0.338 e. The van der Waals surface area contributed by atoms with E-state index in [4.69, 9.17) is 5.11 Å². The molecule has 0 radical (unpaired) electrons. The van der Waals surface area contributed by atoms with E-state index >= 15 is 0 Å². The summed E-state index contributed by atoms with van der Waals surface area (Å²) in [4.78, 5) is 25.6. The van der Waals surface area contributed by atoms with Crippen molar-refractivity contribution in [2.45, 2.75) is 26.2 Å². The molecule has 36 heavy (non-hydrogen) atoms. The molecule has 7 heteroatoms. The van der Waals surface area contributed by atoms with E-state index in [2.05, 4.69) is 10.1 Å². The first-order valence-electron chi connectivity index (χ1n) is 11.4. The number of H-pyrrole nitrogens is 1. The van der Waals surface area contributed by atoms with Gasteiger partial charge in [0.05, 0.1) is 11.3 Å². The summed E-state index contributed by atoms with van der Waals surface area (Å²) in [5, 5.41) is 22.5. The molecule has 6 nitrogen and oxygen atoms in total. The number of aromatic amines is 1. The number of benzene rings is 3. The van der Waals surface area contributed by atoms with E-state index < -0.39 is 11.8 Å². The van der Waals surface area contributed by atoms with Crippen LogP contribution in [0.4, 0.5) is 4.39 Å². The molecule has 0 saturated heterocycles. The fourth-order valence-electron chi connectivity index (χ4n) is 4.34. The molecule has 0 bridgehead atoms. The molecule has 1 aromatic heterocycles. The summed E-state index contributed by atoms with van der Waals surface area (Å²) in [6, 6.07) is 21.3. The van der Waals surface area contributed by atoms with Crippen LogP contribution in [0.15, 0.2) is 88.9 Å². The number of hydrogen-bond donors (Lipinski definition) is 3. The molecule has 0 saturated carbocycles. The molecule has 3 N–H and O–H groups in total. The second kappa shape index (κ2) is 10.4. The highest BCUT2D eigenvalue weighted by molar-refractivity contribution is 6.00. The Balaban J connectivity index is 1.72. The number of oxime groups is 1. The first-order valence-corrected chi connectivity index (χ1v) is 11.4. The summed E-state index contributed by atoms with van der Waals surface area (Å²) in [5.74, 6) is -2.26. The highest BCUT2D eigenvalue weighted by atomic mass is 19.1. The molecular formula is C29H25FN2O4. The van der Waals surface area contributed by atoms with Crippen LogP contribution in [0.1, 0.15) is 50.5 Å². The molecule has 0 aliphatic heterocycles. The van der Waals surface area contributed by atoms with Gasteiger partial charge < -0.3 is 15.3 Å². The van der Waals surface area contributed by atoms with Crippen molar-refractivity contribution in [3.05, 3.63) is 129 Å². The van der Waals surface area contributed by atoms with Crippen molar-refractivity contribution in [2.24, 2.45) is 5.16 Å². The van der Waals surface area contributed by atoms with Crippen LogP contribution in [0.25, 0.3) is 11.1 Å². The molecule has 1 atom stereocenters. The number of pyridine rings is 1. The number of aromatic nitrogens is 1. The molecule has 1 heterocycles. The summed E-state index contributed by atoms with van der Waals surface area (Å²) in [5.41, 5.74) is 5.40. The van der Waals surface area contributed by atoms with Crippen molar-refractivity contribution in [1.29, 1.82) is 0 Å². The number of rotatable bonds is 7. The zero-order valence-corrected chi connectivity index (χ0v) is 19.8. The Labute approximate surface area is 207 Å². The Hall–Kier alpha value is -4.52. The number of nitrogens with zero attached hydrogens (tertiary/aromatic N) is 1. The first-order chi connectivity index (χ1) is 17.3. The third kappa shape index (κ3) is 5.10. The SMILES string of the molecule is Cc1ccccc1C(C/C(=N\O)c1c[nH]c(=O)c(C)c1)c1ccc(-c2ccc(C(=O)O)c(F)c2)cc1. The predicted octanol–water partition coefficient (Wildman–Crippen LogP) is 5.90. The molecular weight excluding hydrogens is 459 g/mol. The van der Waals surface area contributed by atoms with Gasteiger partial charge in [-0.15, -0.1) is 0 Å². The number of halogens is 1. The van der Waals surface area contributed by atoms with Gasteiger partial charge >= 0.3 is 5.97 Å². The van der Waals surface area contributed by atoms with E-state index in [0.717, 1.165) is 22.3 Å². The molecule has 182 valence electrons. The summed E-state index contributed by atoms with van der Waals surface area (Å²) in [6.45, 7) is 3.71. The van der Waals surface area contributed by atoms with Crippen LogP contribution in [-0.2, 0) is 0 Å². The normalized spacial score (nSPS) is 12.4. The monoisotopic (exact) mass is 484 g/mol. The van der Waals surface area contributed by atoms with E-state index in [-0.39, 0.29) is 17.0 Å². The minimum absolute atomic E-state index is 0.162. The standard InChI is InChI=1S/C29H25FN2O4/c1-17-5-3-4-6-23(17)25(15-27(32-36)22-13-18(2)28(33)31-16-22)20-9-7-19(8-10-20)21-11-12-24(29(34)35)26(30)14-21/h3-14,16,25,36H,15H2,1-2H3,(H,31,33)(H,34,35)/b32-27+. The molecule has 0 amide bonds. The van der Waals surface area contributed by atoms with Crippen LogP contribution in [0.2, 0.25) is 0 Å². The first kappa shape index (κ1) is 24.6. The van der Waals surface area contributed by atoms with Crippen molar-refractivity contribution >= 4 is 11.7 Å².